The van der Waals surface area contributed by atoms with Gasteiger partial charge in [-0.3, -0.25) is 9.59 Å². The van der Waals surface area contributed by atoms with Crippen LogP contribution in [0.4, 0.5) is 0 Å². The van der Waals surface area contributed by atoms with Crippen LogP contribution in [0.2, 0.25) is 0 Å². The number of carbonyl (C=O) groups excluding carboxylic acids is 2. The van der Waals surface area contributed by atoms with Gasteiger partial charge in [-0.05, 0) is 46.9 Å². The van der Waals surface area contributed by atoms with Crippen molar-refractivity contribution in [3.63, 3.8) is 0 Å². The molecule has 25 heavy (non-hydrogen) atoms. The lowest BCUT2D eigenvalue weighted by molar-refractivity contribution is -0.135. The summed E-state index contributed by atoms with van der Waals surface area (Å²) in [5, 5.41) is 5.58. The lowest BCUT2D eigenvalue weighted by Crippen LogP contribution is -2.25. The van der Waals surface area contributed by atoms with Crippen molar-refractivity contribution in [1.82, 2.24) is 5.01 Å². The van der Waals surface area contributed by atoms with E-state index in [-0.39, 0.29) is 11.8 Å². The maximum absolute atomic E-state index is 12.0. The Balaban J connectivity index is 1.98. The van der Waals surface area contributed by atoms with Crippen LogP contribution in [0.5, 0.6) is 5.75 Å². The predicted octanol–water partition coefficient (Wildman–Crippen LogP) is 3.46. The largest absolute Gasteiger partial charge is 0.446 e. The highest BCUT2D eigenvalue weighted by molar-refractivity contribution is 14.1. The third-order valence-corrected chi connectivity index (χ3v) is 4.14. The minimum atomic E-state index is -0.660. The molecule has 7 heteroatoms. The number of para-hydroxylation sites is 1. The van der Waals surface area contributed by atoms with Crippen LogP contribution in [0.1, 0.15) is 31.2 Å². The second kappa shape index (κ2) is 7.22. The maximum Gasteiger partial charge on any atom is 0.308 e. The molecule has 0 aliphatic carbocycles. The molecule has 2 aromatic rings. The molecule has 0 unspecified atom stereocenters. The smallest absolute Gasteiger partial charge is 0.308 e. The third kappa shape index (κ3) is 3.81. The molecule has 1 atom stereocenters. The van der Waals surface area contributed by atoms with E-state index in [1.165, 1.54) is 18.9 Å². The van der Waals surface area contributed by atoms with Crippen LogP contribution >= 0.6 is 22.6 Å². The molecule has 1 aliphatic heterocycles. The number of hydrogen-bond donors (Lipinski definition) is 0. The first-order valence-electron chi connectivity index (χ1n) is 7.54. The summed E-state index contributed by atoms with van der Waals surface area (Å²) < 4.78 is 12.2. The topological polar surface area (TPSA) is 68.2 Å². The predicted molar refractivity (Wildman–Crippen MR) is 99.8 cm³/mol. The summed E-state index contributed by atoms with van der Waals surface area (Å²) in [7, 11) is 0. The van der Waals surface area contributed by atoms with Crippen LogP contribution < -0.4 is 4.74 Å². The Bertz CT molecular complexity index is 866. The molecule has 2 aromatic carbocycles. The molecule has 1 amide bonds. The Hall–Kier alpha value is -2.42. The van der Waals surface area contributed by atoms with Crippen molar-refractivity contribution < 1.29 is 19.1 Å². The molecule has 0 bridgehead atoms. The zero-order valence-corrected chi connectivity index (χ0v) is 15.8. The zero-order valence-electron chi connectivity index (χ0n) is 13.6. The lowest BCUT2D eigenvalue weighted by atomic mass is 10.2. The summed E-state index contributed by atoms with van der Waals surface area (Å²) in [5.41, 5.74) is 1.32. The van der Waals surface area contributed by atoms with E-state index < -0.39 is 12.2 Å². The standard InChI is InChI=1S/C18H15IN2O4/c1-11(22)21-18(13-6-5-7-14(19)10-13)25-17(20-21)15-8-3-4-9-16(15)24-12(2)23/h3-10,18H,1-2H3/t18-/m1/s1. The summed E-state index contributed by atoms with van der Waals surface area (Å²) in [6.45, 7) is 2.75. The SMILES string of the molecule is CC(=O)Oc1ccccc1C1=NN(C(C)=O)[C@@H](c2cccc(I)c2)O1. The Kier molecular flexibility index (Phi) is 5.03. The first-order valence-corrected chi connectivity index (χ1v) is 8.62. The first kappa shape index (κ1) is 17.4. The van der Waals surface area contributed by atoms with Crippen molar-refractivity contribution in [3.05, 3.63) is 63.2 Å². The molecule has 0 spiro atoms. The van der Waals surface area contributed by atoms with Gasteiger partial charge in [0.25, 0.3) is 0 Å². The van der Waals surface area contributed by atoms with Gasteiger partial charge in [0.2, 0.25) is 18.0 Å². The number of ether oxygens (including phenoxy) is 2. The van der Waals surface area contributed by atoms with E-state index in [2.05, 4.69) is 27.7 Å². The van der Waals surface area contributed by atoms with E-state index in [0.717, 1.165) is 9.13 Å². The van der Waals surface area contributed by atoms with Crippen LogP contribution in [0.15, 0.2) is 53.6 Å². The van der Waals surface area contributed by atoms with Gasteiger partial charge in [0.1, 0.15) is 5.75 Å². The Morgan fingerprint density at radius 3 is 2.60 bits per heavy atom. The second-order valence-corrected chi connectivity index (χ2v) is 6.63. The van der Waals surface area contributed by atoms with Gasteiger partial charge >= 0.3 is 5.97 Å². The maximum atomic E-state index is 12.0. The van der Waals surface area contributed by atoms with Gasteiger partial charge in [-0.25, -0.2) is 0 Å². The van der Waals surface area contributed by atoms with Gasteiger partial charge < -0.3 is 9.47 Å². The molecular formula is C18H15IN2O4. The van der Waals surface area contributed by atoms with Gasteiger partial charge in [0.05, 0.1) is 5.56 Å². The summed E-state index contributed by atoms with van der Waals surface area (Å²) in [6.07, 6.45) is -0.660. The van der Waals surface area contributed by atoms with Crippen molar-refractivity contribution in [2.75, 3.05) is 0 Å². The molecule has 1 heterocycles. The van der Waals surface area contributed by atoms with Gasteiger partial charge in [-0.15, -0.1) is 5.10 Å². The highest BCUT2D eigenvalue weighted by Crippen LogP contribution is 2.33. The van der Waals surface area contributed by atoms with Gasteiger partial charge in [0.15, 0.2) is 0 Å². The lowest BCUT2D eigenvalue weighted by Gasteiger charge is -2.19. The number of carbonyl (C=O) groups is 2. The molecule has 0 N–H and O–H groups in total. The molecule has 0 aromatic heterocycles. The third-order valence-electron chi connectivity index (χ3n) is 3.47. The molecule has 0 fully saturated rings. The number of benzene rings is 2. The molecule has 6 nitrogen and oxygen atoms in total. The normalized spacial score (nSPS) is 16.2. The molecule has 0 radical (unpaired) electrons. The molecular weight excluding hydrogens is 435 g/mol. The van der Waals surface area contributed by atoms with Crippen LogP contribution in [0, 0.1) is 3.57 Å². The summed E-state index contributed by atoms with van der Waals surface area (Å²) in [6, 6.07) is 14.6. The highest BCUT2D eigenvalue weighted by Gasteiger charge is 2.34. The van der Waals surface area contributed by atoms with E-state index in [4.69, 9.17) is 9.47 Å². The van der Waals surface area contributed by atoms with Crippen LogP contribution in [0.3, 0.4) is 0 Å². The summed E-state index contributed by atoms with van der Waals surface area (Å²) in [4.78, 5) is 23.3. The number of nitrogens with zero attached hydrogens (tertiary/aromatic N) is 2. The Morgan fingerprint density at radius 2 is 1.92 bits per heavy atom. The Labute approximate surface area is 158 Å². The van der Waals surface area contributed by atoms with Crippen LogP contribution in [-0.4, -0.2) is 22.8 Å². The van der Waals surface area contributed by atoms with E-state index in [1.54, 1.807) is 24.3 Å². The second-order valence-electron chi connectivity index (χ2n) is 5.38. The molecule has 3 rings (SSSR count). The van der Waals surface area contributed by atoms with Gasteiger partial charge in [-0.1, -0.05) is 24.3 Å². The van der Waals surface area contributed by atoms with Gasteiger partial charge in [-0.2, -0.15) is 5.01 Å². The van der Waals surface area contributed by atoms with Crippen molar-refractivity contribution in [2.24, 2.45) is 5.10 Å². The van der Waals surface area contributed by atoms with E-state index in [0.29, 0.717) is 11.3 Å². The van der Waals surface area contributed by atoms with Crippen LogP contribution in [0.25, 0.3) is 0 Å². The number of rotatable bonds is 3. The fourth-order valence-electron chi connectivity index (χ4n) is 2.44. The number of hydrogen-bond acceptors (Lipinski definition) is 5. The fraction of sp³-hybridized carbons (Fsp3) is 0.167. The number of halogens is 1. The van der Waals surface area contributed by atoms with Crippen molar-refractivity contribution >= 4 is 40.4 Å². The van der Waals surface area contributed by atoms with E-state index in [9.17, 15) is 9.59 Å². The molecule has 1 aliphatic rings. The fourth-order valence-corrected chi connectivity index (χ4v) is 3.01. The number of hydrazone groups is 1. The average molecular weight is 450 g/mol. The van der Waals surface area contributed by atoms with Crippen molar-refractivity contribution in [1.29, 1.82) is 0 Å². The van der Waals surface area contributed by atoms with Crippen molar-refractivity contribution in [3.8, 4) is 5.75 Å². The van der Waals surface area contributed by atoms with Crippen molar-refractivity contribution in [2.45, 2.75) is 20.1 Å². The number of amides is 1. The highest BCUT2D eigenvalue weighted by atomic mass is 127. The average Bonchev–Trinajstić information content (AvgIpc) is 3.00. The van der Waals surface area contributed by atoms with Crippen LogP contribution in [-0.2, 0) is 14.3 Å². The summed E-state index contributed by atoms with van der Waals surface area (Å²) >= 11 is 2.20. The van der Waals surface area contributed by atoms with Gasteiger partial charge in [0, 0.05) is 23.0 Å². The summed E-state index contributed by atoms with van der Waals surface area (Å²) in [5.74, 6) is -0.121. The molecule has 128 valence electrons. The minimum Gasteiger partial charge on any atom is -0.446 e. The first-order chi connectivity index (χ1) is 12.0. The Morgan fingerprint density at radius 1 is 1.16 bits per heavy atom. The molecule has 0 saturated heterocycles. The number of esters is 1. The quantitative estimate of drug-likeness (QED) is 0.408. The monoisotopic (exact) mass is 450 g/mol. The zero-order chi connectivity index (χ0) is 18.0. The van der Waals surface area contributed by atoms with E-state index in [1.807, 2.05) is 24.3 Å². The minimum absolute atomic E-state index is 0.232. The molecule has 0 saturated carbocycles. The van der Waals surface area contributed by atoms with E-state index >= 15 is 0 Å².